The van der Waals surface area contributed by atoms with E-state index < -0.39 is 6.10 Å². The quantitative estimate of drug-likeness (QED) is 0.825. The molecule has 0 fully saturated rings. The molecule has 0 spiro atoms. The maximum atomic E-state index is 9.24. The number of benzene rings is 1. The van der Waals surface area contributed by atoms with E-state index in [0.717, 1.165) is 8.95 Å². The number of rotatable bonds is 4. The number of hydrogen-bond acceptors (Lipinski definition) is 3. The van der Waals surface area contributed by atoms with Gasteiger partial charge in [-0.2, -0.15) is 12.6 Å². The number of aliphatic hydroxyl groups excluding tert-OH is 1. The number of halogens is 2. The highest BCUT2D eigenvalue weighted by Gasteiger charge is 2.05. The molecule has 1 unspecified atom stereocenters. The normalized spacial score (nSPS) is 12.6. The Balaban J connectivity index is 2.59. The minimum Gasteiger partial charge on any atom is -0.490 e. The molecule has 0 saturated heterocycles. The van der Waals surface area contributed by atoms with E-state index in [1.165, 1.54) is 0 Å². The van der Waals surface area contributed by atoms with Crippen LogP contribution in [0.3, 0.4) is 0 Å². The third-order valence-corrected chi connectivity index (χ3v) is 3.07. The number of ether oxygens (including phenoxy) is 1. The third-order valence-electron chi connectivity index (χ3n) is 1.54. The lowest BCUT2D eigenvalue weighted by molar-refractivity contribution is 0.126. The average molecular weight is 342 g/mol. The summed E-state index contributed by atoms with van der Waals surface area (Å²) in [4.78, 5) is 0. The van der Waals surface area contributed by atoms with Crippen molar-refractivity contribution in [1.82, 2.24) is 0 Å². The summed E-state index contributed by atoms with van der Waals surface area (Å²) in [6.45, 7) is 0.254. The van der Waals surface area contributed by atoms with Crippen LogP contribution >= 0.6 is 44.5 Å². The maximum Gasteiger partial charge on any atom is 0.133 e. The van der Waals surface area contributed by atoms with Gasteiger partial charge in [0.1, 0.15) is 12.4 Å². The topological polar surface area (TPSA) is 29.5 Å². The Morgan fingerprint density at radius 3 is 2.71 bits per heavy atom. The van der Waals surface area contributed by atoms with Gasteiger partial charge in [-0.1, -0.05) is 15.9 Å². The molecule has 5 heteroatoms. The van der Waals surface area contributed by atoms with Crippen LogP contribution in [0.4, 0.5) is 0 Å². The third kappa shape index (κ3) is 3.81. The van der Waals surface area contributed by atoms with E-state index in [-0.39, 0.29) is 6.61 Å². The lowest BCUT2D eigenvalue weighted by atomic mass is 10.3. The second kappa shape index (κ2) is 6.00. The smallest absolute Gasteiger partial charge is 0.133 e. The van der Waals surface area contributed by atoms with Crippen molar-refractivity contribution >= 4 is 44.5 Å². The fourth-order valence-electron chi connectivity index (χ4n) is 0.831. The second-order valence-corrected chi connectivity index (χ2v) is 4.86. The van der Waals surface area contributed by atoms with E-state index in [1.54, 1.807) is 0 Å². The van der Waals surface area contributed by atoms with Gasteiger partial charge in [0.2, 0.25) is 0 Å². The fourth-order valence-corrected chi connectivity index (χ4v) is 2.10. The molecule has 1 aromatic rings. The summed E-state index contributed by atoms with van der Waals surface area (Å²) >= 11 is 10.7. The summed E-state index contributed by atoms with van der Waals surface area (Å²) in [6.07, 6.45) is -0.533. The largest absolute Gasteiger partial charge is 0.490 e. The van der Waals surface area contributed by atoms with E-state index in [0.29, 0.717) is 11.5 Å². The Labute approximate surface area is 105 Å². The highest BCUT2D eigenvalue weighted by molar-refractivity contribution is 9.11. The minimum absolute atomic E-state index is 0.254. The zero-order valence-corrected chi connectivity index (χ0v) is 11.3. The molecule has 78 valence electrons. The summed E-state index contributed by atoms with van der Waals surface area (Å²) in [6, 6.07) is 5.61. The van der Waals surface area contributed by atoms with Gasteiger partial charge in [-0.3, -0.25) is 0 Å². The molecular weight excluding hydrogens is 332 g/mol. The van der Waals surface area contributed by atoms with Crippen molar-refractivity contribution in [3.8, 4) is 5.75 Å². The molecule has 1 atom stereocenters. The molecular formula is C9H10Br2O2S. The Bertz CT molecular complexity index is 307. The highest BCUT2D eigenvalue weighted by Crippen LogP contribution is 2.28. The first kappa shape index (κ1) is 12.4. The van der Waals surface area contributed by atoms with Gasteiger partial charge >= 0.3 is 0 Å². The van der Waals surface area contributed by atoms with E-state index in [2.05, 4.69) is 44.5 Å². The summed E-state index contributed by atoms with van der Waals surface area (Å²) in [7, 11) is 0. The average Bonchev–Trinajstić information content (AvgIpc) is 2.16. The van der Waals surface area contributed by atoms with Crippen molar-refractivity contribution in [2.75, 3.05) is 12.4 Å². The first-order valence-electron chi connectivity index (χ1n) is 4.00. The van der Waals surface area contributed by atoms with Gasteiger partial charge in [-0.25, -0.2) is 0 Å². The number of thiol groups is 1. The molecule has 0 amide bonds. The zero-order chi connectivity index (χ0) is 10.6. The van der Waals surface area contributed by atoms with Gasteiger partial charge in [0.25, 0.3) is 0 Å². The first-order chi connectivity index (χ1) is 6.63. The molecule has 1 N–H and O–H groups in total. The lowest BCUT2D eigenvalue weighted by Crippen LogP contribution is -2.18. The van der Waals surface area contributed by atoms with Gasteiger partial charge in [0, 0.05) is 10.2 Å². The Morgan fingerprint density at radius 2 is 2.14 bits per heavy atom. The van der Waals surface area contributed by atoms with E-state index in [4.69, 9.17) is 4.74 Å². The van der Waals surface area contributed by atoms with Crippen molar-refractivity contribution in [2.45, 2.75) is 6.10 Å². The molecule has 0 saturated carbocycles. The molecule has 0 aliphatic heterocycles. The maximum absolute atomic E-state index is 9.24. The highest BCUT2D eigenvalue weighted by atomic mass is 79.9. The molecule has 0 bridgehead atoms. The zero-order valence-electron chi connectivity index (χ0n) is 7.28. The SMILES string of the molecule is OC(CS)COc1ccc(Br)cc1Br. The van der Waals surface area contributed by atoms with Crippen LogP contribution in [0, 0.1) is 0 Å². The second-order valence-electron chi connectivity index (χ2n) is 2.72. The minimum atomic E-state index is -0.533. The monoisotopic (exact) mass is 340 g/mol. The van der Waals surface area contributed by atoms with E-state index in [9.17, 15) is 5.11 Å². The van der Waals surface area contributed by atoms with Crippen LogP contribution in [0.2, 0.25) is 0 Å². The Kier molecular flexibility index (Phi) is 5.30. The van der Waals surface area contributed by atoms with Gasteiger partial charge in [0.15, 0.2) is 0 Å². The van der Waals surface area contributed by atoms with Gasteiger partial charge in [0.05, 0.1) is 10.6 Å². The van der Waals surface area contributed by atoms with Crippen LogP contribution in [0.15, 0.2) is 27.1 Å². The summed E-state index contributed by atoms with van der Waals surface area (Å²) < 4.78 is 7.22. The Hall–Kier alpha value is 0.290. The predicted molar refractivity (Wildman–Crippen MR) is 67.2 cm³/mol. The molecule has 0 radical (unpaired) electrons. The van der Waals surface area contributed by atoms with Crippen LogP contribution < -0.4 is 4.74 Å². The molecule has 1 aromatic carbocycles. The molecule has 0 aliphatic rings. The van der Waals surface area contributed by atoms with E-state index in [1.807, 2.05) is 18.2 Å². The van der Waals surface area contributed by atoms with E-state index >= 15 is 0 Å². The summed E-state index contributed by atoms with van der Waals surface area (Å²) in [5.41, 5.74) is 0. The predicted octanol–water partition coefficient (Wildman–Crippen LogP) is 2.88. The number of hydrogen-bond donors (Lipinski definition) is 2. The molecule has 2 nitrogen and oxygen atoms in total. The van der Waals surface area contributed by atoms with Crippen LogP contribution in [0.5, 0.6) is 5.75 Å². The van der Waals surface area contributed by atoms with Crippen LogP contribution in [0.25, 0.3) is 0 Å². The Morgan fingerprint density at radius 1 is 1.43 bits per heavy atom. The molecule has 0 heterocycles. The first-order valence-corrected chi connectivity index (χ1v) is 6.22. The van der Waals surface area contributed by atoms with Gasteiger partial charge in [-0.05, 0) is 34.1 Å². The molecule has 14 heavy (non-hydrogen) atoms. The number of aliphatic hydroxyl groups is 1. The van der Waals surface area contributed by atoms with Gasteiger partial charge in [-0.15, -0.1) is 0 Å². The fraction of sp³-hybridized carbons (Fsp3) is 0.333. The molecule has 0 aliphatic carbocycles. The summed E-state index contributed by atoms with van der Waals surface area (Å²) in [5, 5.41) is 9.24. The van der Waals surface area contributed by atoms with Crippen molar-refractivity contribution in [2.24, 2.45) is 0 Å². The van der Waals surface area contributed by atoms with Crippen LogP contribution in [-0.4, -0.2) is 23.6 Å². The standard InChI is InChI=1S/C9H10Br2O2S/c10-6-1-2-9(8(11)3-6)13-4-7(12)5-14/h1-3,7,12,14H,4-5H2. The van der Waals surface area contributed by atoms with Crippen molar-refractivity contribution in [1.29, 1.82) is 0 Å². The van der Waals surface area contributed by atoms with Crippen molar-refractivity contribution < 1.29 is 9.84 Å². The molecule has 1 rings (SSSR count). The summed E-state index contributed by atoms with van der Waals surface area (Å²) in [5.74, 6) is 1.11. The van der Waals surface area contributed by atoms with Crippen molar-refractivity contribution in [3.05, 3.63) is 27.1 Å². The van der Waals surface area contributed by atoms with Crippen LogP contribution in [-0.2, 0) is 0 Å². The van der Waals surface area contributed by atoms with Crippen LogP contribution in [0.1, 0.15) is 0 Å². The lowest BCUT2D eigenvalue weighted by Gasteiger charge is -2.11. The van der Waals surface area contributed by atoms with Gasteiger partial charge < -0.3 is 9.84 Å². The molecule has 0 aromatic heterocycles. The van der Waals surface area contributed by atoms with Crippen molar-refractivity contribution in [3.63, 3.8) is 0 Å².